The smallest absolute Gasteiger partial charge is 0.333 e. The summed E-state index contributed by atoms with van der Waals surface area (Å²) in [5.41, 5.74) is -1.13. The summed E-state index contributed by atoms with van der Waals surface area (Å²) in [6, 6.07) is 0. The van der Waals surface area contributed by atoms with E-state index in [1.807, 2.05) is 6.92 Å². The Kier molecular flexibility index (Phi) is 19.8. The van der Waals surface area contributed by atoms with Gasteiger partial charge >= 0.3 is 11.9 Å². The highest BCUT2D eigenvalue weighted by Crippen LogP contribution is 2.74. The fraction of sp³-hybridized carbons (Fsp3) is 0.882. The second-order valence-electron chi connectivity index (χ2n) is 22.5. The monoisotopic (exact) mass is 1160 g/mol. The summed E-state index contributed by atoms with van der Waals surface area (Å²) in [7, 11) is 1.41. The molecule has 0 radical (unpaired) electrons. The van der Waals surface area contributed by atoms with Crippen molar-refractivity contribution in [2.45, 2.75) is 217 Å². The molecule has 17 nitrogen and oxygen atoms in total. The number of methoxy groups -OCH3 is 1. The normalized spacial score (nSPS) is 43.4. The van der Waals surface area contributed by atoms with Crippen molar-refractivity contribution in [3.8, 4) is 0 Å². The topological polar surface area (TPSA) is 239 Å². The van der Waals surface area contributed by atoms with Crippen molar-refractivity contribution in [2.24, 2.45) is 34.5 Å². The van der Waals surface area contributed by atoms with Gasteiger partial charge in [0.25, 0.3) is 0 Å². The molecule has 6 N–H and O–H groups in total. The van der Waals surface area contributed by atoms with E-state index in [1.54, 1.807) is 47.6 Å². The van der Waals surface area contributed by atoms with E-state index in [2.05, 4.69) is 6.08 Å². The van der Waals surface area contributed by atoms with Crippen LogP contribution in [0.25, 0.3) is 0 Å². The van der Waals surface area contributed by atoms with Crippen molar-refractivity contribution >= 4 is 87.7 Å². The van der Waals surface area contributed by atoms with Crippen molar-refractivity contribution in [3.05, 3.63) is 23.3 Å². The highest BCUT2D eigenvalue weighted by atomic mass is 32.2. The maximum atomic E-state index is 13.6. The van der Waals surface area contributed by atoms with Gasteiger partial charge in [0.05, 0.1) is 70.5 Å². The van der Waals surface area contributed by atoms with Crippen LogP contribution < -0.4 is 0 Å². The molecule has 15 unspecified atom stereocenters. The van der Waals surface area contributed by atoms with Gasteiger partial charge in [-0.25, -0.2) is 4.79 Å². The molecule has 0 aromatic heterocycles. The minimum absolute atomic E-state index is 0.0159. The van der Waals surface area contributed by atoms with E-state index in [0.29, 0.717) is 50.5 Å². The number of esters is 2. The second kappa shape index (κ2) is 23.8. The van der Waals surface area contributed by atoms with Gasteiger partial charge in [-0.1, -0.05) is 38.5 Å². The quantitative estimate of drug-likeness (QED) is 0.0295. The molecule has 23 heteroatoms. The van der Waals surface area contributed by atoms with Gasteiger partial charge in [-0.3, -0.25) is 4.79 Å². The van der Waals surface area contributed by atoms with Gasteiger partial charge in [0.15, 0.2) is 18.7 Å². The minimum atomic E-state index is -1.35. The second-order valence-corrected chi connectivity index (χ2v) is 27.9. The third-order valence-electron chi connectivity index (χ3n) is 18.0. The molecule has 6 fully saturated rings. The van der Waals surface area contributed by atoms with Gasteiger partial charge in [-0.05, 0) is 103 Å². The molecule has 0 bridgehead atoms. The highest BCUT2D eigenvalue weighted by Gasteiger charge is 2.75. The number of thiol groups is 6. The Labute approximate surface area is 469 Å². The number of ether oxygens (including phenoxy) is 9. The first-order valence-corrected chi connectivity index (χ1v) is 28.7. The van der Waals surface area contributed by atoms with Crippen LogP contribution in [0.3, 0.4) is 0 Å². The molecule has 7 aliphatic rings. The van der Waals surface area contributed by atoms with Crippen LogP contribution in [-0.4, -0.2) is 173 Å². The summed E-state index contributed by atoms with van der Waals surface area (Å²) in [6.45, 7) is 11.2. The summed E-state index contributed by atoms with van der Waals surface area (Å²) < 4.78 is 51.7. The molecule has 2 saturated heterocycles. The Morgan fingerprint density at radius 2 is 1.53 bits per heavy atom. The van der Waals surface area contributed by atoms with E-state index in [4.69, 9.17) is 118 Å². The van der Waals surface area contributed by atoms with Crippen molar-refractivity contribution in [3.63, 3.8) is 0 Å². The summed E-state index contributed by atoms with van der Waals surface area (Å²) in [5, 5.41) is 65.4. The molecule has 4 saturated carbocycles. The Bertz CT molecular complexity index is 2050. The molecule has 0 spiro atoms. The maximum absolute atomic E-state index is 13.6. The lowest BCUT2D eigenvalue weighted by Gasteiger charge is -2.71. The molecule has 2 aliphatic heterocycles. The number of hydrogen-bond donors (Lipinski definition) is 12. The van der Waals surface area contributed by atoms with E-state index in [-0.39, 0.29) is 44.3 Å². The number of fused-ring (bicyclic) bond motifs is 7. The first-order valence-electron chi connectivity index (χ1n) is 26.0. The molecular formula is C51H82O17S6. The van der Waals surface area contributed by atoms with Crippen LogP contribution in [-0.2, 0) is 52.2 Å². The maximum Gasteiger partial charge on any atom is 0.333 e. The van der Waals surface area contributed by atoms with E-state index < -0.39 is 145 Å². The predicted octanol–water partition coefficient (Wildman–Crippen LogP) is 4.64. The van der Waals surface area contributed by atoms with E-state index in [9.17, 15) is 40.2 Å². The van der Waals surface area contributed by atoms with E-state index >= 15 is 0 Å². The van der Waals surface area contributed by atoms with Crippen molar-refractivity contribution < 1.29 is 82.9 Å². The van der Waals surface area contributed by atoms with E-state index in [1.165, 1.54) is 7.11 Å². The first-order chi connectivity index (χ1) is 34.6. The first kappa shape index (κ1) is 61.6. The molecular weight excluding hydrogens is 1080 g/mol. The van der Waals surface area contributed by atoms with Crippen LogP contribution in [0.5, 0.6) is 0 Å². The Hall–Kier alpha value is -0.000000000000000333. The summed E-state index contributed by atoms with van der Waals surface area (Å²) in [5.74, 6) is -2.87. The molecule has 21 atom stereocenters. The van der Waals surface area contributed by atoms with Crippen LogP contribution in [0.4, 0.5) is 0 Å². The fourth-order valence-electron chi connectivity index (χ4n) is 13.2. The van der Waals surface area contributed by atoms with Crippen molar-refractivity contribution in [1.29, 1.82) is 0 Å². The number of aliphatic hydroxyl groups excluding tert-OH is 6. The molecule has 0 aromatic carbocycles. The largest absolute Gasteiger partial charge is 0.457 e. The van der Waals surface area contributed by atoms with Gasteiger partial charge < -0.3 is 73.3 Å². The summed E-state index contributed by atoms with van der Waals surface area (Å²) in [6.07, 6.45) is -6.33. The van der Waals surface area contributed by atoms with Gasteiger partial charge in [0, 0.05) is 39.4 Å². The highest BCUT2D eigenvalue weighted by molar-refractivity contribution is 8.01. The number of allylic oxidation sites excluding steroid dienone is 2. The summed E-state index contributed by atoms with van der Waals surface area (Å²) >= 11 is 32.1. The Morgan fingerprint density at radius 3 is 2.14 bits per heavy atom. The third-order valence-corrected chi connectivity index (χ3v) is 21.9. The molecule has 2 heterocycles. The van der Waals surface area contributed by atoms with Gasteiger partial charge in [0.2, 0.25) is 12.6 Å². The number of aliphatic hydroxyl groups is 6. The molecule has 74 heavy (non-hydrogen) atoms. The summed E-state index contributed by atoms with van der Waals surface area (Å²) in [4.78, 5) is 27.0. The number of carbonyl (C=O) groups is 2. The molecule has 424 valence electrons. The molecule has 0 amide bonds. The lowest BCUT2D eigenvalue weighted by molar-refractivity contribution is -0.364. The Morgan fingerprint density at radius 1 is 0.824 bits per heavy atom. The standard InChI is InChI=1S/C51H82O17S6/c1-9-25(4)42(59)67-40-39(66-41(58)24(2)3)47(23-54)20-36(57)46(7)29(30(47)19-50(40,71)72)11-13-34-48(69)16-15-37(51(73,74)35(48)14-17-49(34,46)70)65-45(44(60-8)68-43-31(55)12-10-28(21-52)63-43)62-27(6)26(5)61-38-18-32(56)33(22-53)64-38/h9,11,24,26-28,30-40,43-45,52-57,69-74H,10,12-23H2,1-8H3/b25-9-/t26?,27?,28?,30?,31-,32-,33?,34?,35?,36-,37?,38?,39-,40?,43?,44+,45?,46-,47?,48?,49?/m0/s1. The van der Waals surface area contributed by atoms with Gasteiger partial charge in [-0.15, -0.1) is 0 Å². The van der Waals surface area contributed by atoms with Crippen LogP contribution in [0.2, 0.25) is 0 Å². The molecule has 7 rings (SSSR count). The lowest BCUT2D eigenvalue weighted by atomic mass is 9.41. The van der Waals surface area contributed by atoms with Crippen molar-refractivity contribution in [1.82, 2.24) is 0 Å². The zero-order chi connectivity index (χ0) is 54.7. The minimum Gasteiger partial charge on any atom is -0.457 e. The van der Waals surface area contributed by atoms with Crippen LogP contribution >= 0.6 is 75.8 Å². The average Bonchev–Trinajstić information content (AvgIpc) is 3.71. The van der Waals surface area contributed by atoms with Crippen molar-refractivity contribution in [2.75, 3.05) is 26.9 Å². The number of carbonyl (C=O) groups excluding carboxylic acids is 2. The van der Waals surface area contributed by atoms with E-state index in [0.717, 1.165) is 5.57 Å². The fourth-order valence-corrected chi connectivity index (χ4v) is 16.9. The molecule has 0 aromatic rings. The van der Waals surface area contributed by atoms with Crippen LogP contribution in [0.15, 0.2) is 23.3 Å². The zero-order valence-electron chi connectivity index (χ0n) is 43.6. The van der Waals surface area contributed by atoms with Crippen LogP contribution in [0, 0.1) is 34.5 Å². The van der Waals surface area contributed by atoms with Gasteiger partial charge in [-0.2, -0.15) is 75.8 Å². The number of hydrogen-bond acceptors (Lipinski definition) is 23. The zero-order valence-corrected chi connectivity index (χ0v) is 49.0. The third kappa shape index (κ3) is 11.2. The SMILES string of the molecule is C/C=C(/C)C(=O)OC1[C@H](OC(=O)C(C)C)C2(CO)C[C@H](O)[C@]3(C)C(=CCC4C5(S)CCC(OC(OC(C)C(C)OC6C[C@H](O)C(CO)O6)[C@H](OC)OC6OC(CO)CC[C@@H]6O)C(S)(S)C5CCC43S)C2CC1(S)S. The number of rotatable bonds is 18. The molecule has 5 aliphatic carbocycles. The predicted molar refractivity (Wildman–Crippen MR) is 292 cm³/mol. The van der Waals surface area contributed by atoms with Gasteiger partial charge in [0.1, 0.15) is 18.3 Å². The Balaban J connectivity index is 1.18. The van der Waals surface area contributed by atoms with Crippen LogP contribution in [0.1, 0.15) is 113 Å². The lowest BCUT2D eigenvalue weighted by Crippen LogP contribution is -2.74. The average molecular weight is 1160 g/mol.